The normalized spacial score (nSPS) is 20.0. The zero-order chi connectivity index (χ0) is 14.1. The lowest BCUT2D eigenvalue weighted by Gasteiger charge is -2.29. The van der Waals surface area contributed by atoms with Crippen molar-refractivity contribution in [3.8, 4) is 0 Å². The Morgan fingerprint density at radius 3 is 2.45 bits per heavy atom. The maximum atomic E-state index is 4.28. The molecule has 100 valence electrons. The molecule has 0 spiro atoms. The summed E-state index contributed by atoms with van der Waals surface area (Å²) in [5.41, 5.74) is 7.98. The molecule has 2 aromatic carbocycles. The first kappa shape index (κ1) is 12.9. The molecule has 0 bridgehead atoms. The standard InChI is InChI=1S/C20H20/c1-4-16-13-20(17-11-9-14(2)10-12-17)19-8-6-5-7-18(19)15(16)3/h4-12,20H,3,13H2,1-2H3/b16-4-. The van der Waals surface area contributed by atoms with Gasteiger partial charge in [-0.1, -0.05) is 66.7 Å². The number of fused-ring (bicyclic) bond motifs is 1. The van der Waals surface area contributed by atoms with E-state index in [9.17, 15) is 0 Å². The predicted molar refractivity (Wildman–Crippen MR) is 86.9 cm³/mol. The van der Waals surface area contributed by atoms with Crippen molar-refractivity contribution in [3.63, 3.8) is 0 Å². The van der Waals surface area contributed by atoms with Gasteiger partial charge in [0.05, 0.1) is 0 Å². The first-order valence-corrected chi connectivity index (χ1v) is 7.21. The molecule has 1 aliphatic rings. The molecule has 0 radical (unpaired) electrons. The number of benzene rings is 2. The van der Waals surface area contributed by atoms with E-state index in [-0.39, 0.29) is 0 Å². The van der Waals surface area contributed by atoms with Gasteiger partial charge in [-0.2, -0.15) is 0 Å². The van der Waals surface area contributed by atoms with Crippen molar-refractivity contribution in [1.29, 1.82) is 0 Å². The van der Waals surface area contributed by atoms with E-state index < -0.39 is 0 Å². The molecule has 0 amide bonds. The van der Waals surface area contributed by atoms with Crippen LogP contribution >= 0.6 is 0 Å². The molecule has 1 aliphatic carbocycles. The number of allylic oxidation sites excluding steroid dienone is 3. The Labute approximate surface area is 121 Å². The Hall–Kier alpha value is -2.08. The fourth-order valence-corrected chi connectivity index (χ4v) is 3.09. The summed E-state index contributed by atoms with van der Waals surface area (Å²) in [6, 6.07) is 17.6. The van der Waals surface area contributed by atoms with Crippen molar-refractivity contribution in [1.82, 2.24) is 0 Å². The van der Waals surface area contributed by atoms with Crippen molar-refractivity contribution in [3.05, 3.63) is 89.0 Å². The van der Waals surface area contributed by atoms with Crippen LogP contribution in [0.2, 0.25) is 0 Å². The van der Waals surface area contributed by atoms with Gasteiger partial charge in [0.1, 0.15) is 0 Å². The number of aryl methyl sites for hydroxylation is 1. The zero-order valence-corrected chi connectivity index (χ0v) is 12.2. The summed E-state index contributed by atoms with van der Waals surface area (Å²) in [6.07, 6.45) is 3.26. The second-order valence-corrected chi connectivity index (χ2v) is 5.55. The molecular formula is C20H20. The Balaban J connectivity index is 2.14. The molecule has 0 heteroatoms. The average molecular weight is 260 g/mol. The lowest BCUT2D eigenvalue weighted by molar-refractivity contribution is 0.790. The van der Waals surface area contributed by atoms with E-state index in [0.717, 1.165) is 6.42 Å². The van der Waals surface area contributed by atoms with Crippen LogP contribution in [-0.4, -0.2) is 0 Å². The molecule has 0 aliphatic heterocycles. The molecule has 1 atom stereocenters. The van der Waals surface area contributed by atoms with Gasteiger partial charge in [0.2, 0.25) is 0 Å². The third-order valence-electron chi connectivity index (χ3n) is 4.30. The van der Waals surface area contributed by atoms with E-state index in [1.807, 2.05) is 0 Å². The SMILES string of the molecule is C=C1/C(=C\C)CC(c2ccc(C)cc2)c2ccccc21. The molecule has 0 saturated carbocycles. The lowest BCUT2D eigenvalue weighted by atomic mass is 9.74. The van der Waals surface area contributed by atoms with Gasteiger partial charge in [-0.25, -0.2) is 0 Å². The first-order chi connectivity index (χ1) is 9.70. The lowest BCUT2D eigenvalue weighted by Crippen LogP contribution is -2.12. The summed E-state index contributed by atoms with van der Waals surface area (Å²) in [6.45, 7) is 8.53. The molecule has 1 unspecified atom stereocenters. The van der Waals surface area contributed by atoms with Gasteiger partial charge in [-0.3, -0.25) is 0 Å². The van der Waals surface area contributed by atoms with Gasteiger partial charge in [0.25, 0.3) is 0 Å². The number of hydrogen-bond donors (Lipinski definition) is 0. The highest BCUT2D eigenvalue weighted by Crippen LogP contribution is 2.43. The minimum Gasteiger partial charge on any atom is -0.0909 e. The van der Waals surface area contributed by atoms with Gasteiger partial charge in [0, 0.05) is 5.92 Å². The Morgan fingerprint density at radius 2 is 1.75 bits per heavy atom. The Morgan fingerprint density at radius 1 is 1.05 bits per heavy atom. The molecule has 0 heterocycles. The molecular weight excluding hydrogens is 240 g/mol. The summed E-state index contributed by atoms with van der Waals surface area (Å²) >= 11 is 0. The topological polar surface area (TPSA) is 0 Å². The van der Waals surface area contributed by atoms with E-state index >= 15 is 0 Å². The number of hydrogen-bond acceptors (Lipinski definition) is 0. The van der Waals surface area contributed by atoms with Gasteiger partial charge in [0.15, 0.2) is 0 Å². The number of rotatable bonds is 1. The van der Waals surface area contributed by atoms with E-state index in [0.29, 0.717) is 5.92 Å². The summed E-state index contributed by atoms with van der Waals surface area (Å²) in [5.74, 6) is 0.448. The summed E-state index contributed by atoms with van der Waals surface area (Å²) in [5, 5.41) is 0. The third kappa shape index (κ3) is 2.12. The highest BCUT2D eigenvalue weighted by Gasteiger charge is 2.26. The van der Waals surface area contributed by atoms with Crippen molar-refractivity contribution in [2.75, 3.05) is 0 Å². The second-order valence-electron chi connectivity index (χ2n) is 5.55. The van der Waals surface area contributed by atoms with Crippen LogP contribution in [0.4, 0.5) is 0 Å². The molecule has 0 saturated heterocycles. The summed E-state index contributed by atoms with van der Waals surface area (Å²) in [7, 11) is 0. The Kier molecular flexibility index (Phi) is 3.31. The molecule has 0 N–H and O–H groups in total. The van der Waals surface area contributed by atoms with Crippen LogP contribution in [0.15, 0.2) is 66.8 Å². The minimum absolute atomic E-state index is 0.448. The fourth-order valence-electron chi connectivity index (χ4n) is 3.09. The van der Waals surface area contributed by atoms with Gasteiger partial charge < -0.3 is 0 Å². The van der Waals surface area contributed by atoms with Crippen LogP contribution in [-0.2, 0) is 0 Å². The maximum absolute atomic E-state index is 4.28. The third-order valence-corrected chi connectivity index (χ3v) is 4.30. The molecule has 0 aromatic heterocycles. The van der Waals surface area contributed by atoms with Crippen LogP contribution in [0.3, 0.4) is 0 Å². The fraction of sp³-hybridized carbons (Fsp3) is 0.200. The van der Waals surface area contributed by atoms with Crippen LogP contribution in [0.25, 0.3) is 5.57 Å². The van der Waals surface area contributed by atoms with E-state index in [1.54, 1.807) is 0 Å². The monoisotopic (exact) mass is 260 g/mol. The summed E-state index contributed by atoms with van der Waals surface area (Å²) in [4.78, 5) is 0. The first-order valence-electron chi connectivity index (χ1n) is 7.21. The zero-order valence-electron chi connectivity index (χ0n) is 12.2. The average Bonchev–Trinajstić information content (AvgIpc) is 2.49. The van der Waals surface area contributed by atoms with Gasteiger partial charge in [-0.05, 0) is 48.1 Å². The highest BCUT2D eigenvalue weighted by atomic mass is 14.3. The Bertz CT molecular complexity index is 671. The minimum atomic E-state index is 0.448. The van der Waals surface area contributed by atoms with E-state index in [1.165, 1.54) is 33.4 Å². The molecule has 0 fully saturated rings. The van der Waals surface area contributed by atoms with Crippen LogP contribution in [0.1, 0.15) is 41.5 Å². The molecule has 20 heavy (non-hydrogen) atoms. The molecule has 2 aromatic rings. The largest absolute Gasteiger partial charge is 0.0909 e. The van der Waals surface area contributed by atoms with Crippen molar-refractivity contribution >= 4 is 5.57 Å². The van der Waals surface area contributed by atoms with Crippen molar-refractivity contribution < 1.29 is 0 Å². The van der Waals surface area contributed by atoms with Crippen LogP contribution in [0.5, 0.6) is 0 Å². The highest BCUT2D eigenvalue weighted by molar-refractivity contribution is 5.82. The summed E-state index contributed by atoms with van der Waals surface area (Å²) < 4.78 is 0. The van der Waals surface area contributed by atoms with Gasteiger partial charge in [-0.15, -0.1) is 0 Å². The predicted octanol–water partition coefficient (Wildman–Crippen LogP) is 5.49. The molecule has 0 nitrogen and oxygen atoms in total. The quantitative estimate of drug-likeness (QED) is 0.636. The van der Waals surface area contributed by atoms with E-state index in [4.69, 9.17) is 0 Å². The van der Waals surface area contributed by atoms with E-state index in [2.05, 4.69) is 75.0 Å². The van der Waals surface area contributed by atoms with Crippen LogP contribution in [0, 0.1) is 6.92 Å². The van der Waals surface area contributed by atoms with Crippen molar-refractivity contribution in [2.45, 2.75) is 26.2 Å². The van der Waals surface area contributed by atoms with Crippen molar-refractivity contribution in [2.24, 2.45) is 0 Å². The van der Waals surface area contributed by atoms with Gasteiger partial charge >= 0.3 is 0 Å². The second kappa shape index (κ2) is 5.13. The maximum Gasteiger partial charge on any atom is 0.0136 e. The van der Waals surface area contributed by atoms with Crippen LogP contribution < -0.4 is 0 Å². The molecule has 3 rings (SSSR count). The smallest absolute Gasteiger partial charge is 0.0136 e.